The second-order valence-corrected chi connectivity index (χ2v) is 6.71. The van der Waals surface area contributed by atoms with Gasteiger partial charge in [0.25, 0.3) is 0 Å². The van der Waals surface area contributed by atoms with Crippen molar-refractivity contribution in [1.82, 2.24) is 19.7 Å². The van der Waals surface area contributed by atoms with Gasteiger partial charge in [0.1, 0.15) is 5.75 Å². The summed E-state index contributed by atoms with van der Waals surface area (Å²) < 4.78 is 7.85. The van der Waals surface area contributed by atoms with E-state index in [4.69, 9.17) is 10.5 Å². The SMILES string of the molecule is Cn1nc(-c2ccccc2)cc1Oc1cc(C#N)ccc1-c1cnc(CCN)cn1. The zero-order chi connectivity index (χ0) is 20.9. The lowest BCUT2D eigenvalue weighted by Gasteiger charge is -2.11. The molecule has 2 N–H and O–H groups in total. The highest BCUT2D eigenvalue weighted by Crippen LogP contribution is 2.34. The average Bonchev–Trinajstić information content (AvgIpc) is 3.15. The van der Waals surface area contributed by atoms with Gasteiger partial charge >= 0.3 is 0 Å². The number of hydrogen-bond acceptors (Lipinski definition) is 6. The van der Waals surface area contributed by atoms with Gasteiger partial charge in [-0.15, -0.1) is 0 Å². The number of ether oxygens (including phenoxy) is 1. The van der Waals surface area contributed by atoms with Gasteiger partial charge in [-0.05, 0) is 24.7 Å². The fourth-order valence-electron chi connectivity index (χ4n) is 3.07. The molecule has 0 saturated carbocycles. The molecule has 0 atom stereocenters. The molecule has 0 bridgehead atoms. The molecule has 0 amide bonds. The Morgan fingerprint density at radius 1 is 1.03 bits per heavy atom. The van der Waals surface area contributed by atoms with Crippen LogP contribution in [0.1, 0.15) is 11.3 Å². The third-order valence-electron chi connectivity index (χ3n) is 4.61. The predicted molar refractivity (Wildman–Crippen MR) is 114 cm³/mol. The molecule has 0 saturated heterocycles. The summed E-state index contributed by atoms with van der Waals surface area (Å²) in [6, 6.07) is 19.1. The number of benzene rings is 2. The highest BCUT2D eigenvalue weighted by atomic mass is 16.5. The Balaban J connectivity index is 1.70. The molecule has 0 aliphatic rings. The van der Waals surface area contributed by atoms with Crippen molar-refractivity contribution in [2.75, 3.05) is 6.54 Å². The van der Waals surface area contributed by atoms with E-state index in [9.17, 15) is 5.26 Å². The van der Waals surface area contributed by atoms with Crippen LogP contribution in [0.5, 0.6) is 11.6 Å². The molecule has 30 heavy (non-hydrogen) atoms. The molecule has 2 aromatic heterocycles. The molecule has 148 valence electrons. The van der Waals surface area contributed by atoms with Gasteiger partial charge in [0.2, 0.25) is 5.88 Å². The van der Waals surface area contributed by atoms with Crippen molar-refractivity contribution in [2.45, 2.75) is 6.42 Å². The van der Waals surface area contributed by atoms with Crippen LogP contribution in [0, 0.1) is 11.3 Å². The van der Waals surface area contributed by atoms with Crippen molar-refractivity contribution in [3.63, 3.8) is 0 Å². The first-order valence-corrected chi connectivity index (χ1v) is 9.51. The minimum absolute atomic E-state index is 0.493. The van der Waals surface area contributed by atoms with Gasteiger partial charge in [-0.25, -0.2) is 4.68 Å². The number of nitriles is 1. The molecule has 0 unspecified atom stereocenters. The lowest BCUT2D eigenvalue weighted by atomic mass is 10.1. The fourth-order valence-corrected chi connectivity index (χ4v) is 3.07. The number of rotatable bonds is 6. The van der Waals surface area contributed by atoms with Crippen LogP contribution < -0.4 is 10.5 Å². The molecule has 4 aromatic rings. The van der Waals surface area contributed by atoms with Gasteiger partial charge in [0, 0.05) is 36.9 Å². The Kier molecular flexibility index (Phi) is 5.50. The van der Waals surface area contributed by atoms with Crippen LogP contribution in [0.4, 0.5) is 0 Å². The van der Waals surface area contributed by atoms with Gasteiger partial charge < -0.3 is 10.5 Å². The molecular weight excluding hydrogens is 376 g/mol. The van der Waals surface area contributed by atoms with E-state index in [1.54, 1.807) is 29.2 Å². The van der Waals surface area contributed by atoms with Crippen molar-refractivity contribution in [1.29, 1.82) is 5.26 Å². The van der Waals surface area contributed by atoms with Crippen molar-refractivity contribution in [3.05, 3.63) is 78.2 Å². The van der Waals surface area contributed by atoms with Crippen LogP contribution in [0.2, 0.25) is 0 Å². The summed E-state index contributed by atoms with van der Waals surface area (Å²) in [5, 5.41) is 13.9. The fraction of sp³-hybridized carbons (Fsp3) is 0.130. The minimum atomic E-state index is 0.493. The number of hydrogen-bond donors (Lipinski definition) is 1. The van der Waals surface area contributed by atoms with E-state index in [0.717, 1.165) is 22.5 Å². The van der Waals surface area contributed by atoms with Crippen LogP contribution in [0.3, 0.4) is 0 Å². The standard InChI is InChI=1S/C23H20N6O/c1-29-23(12-20(28-29)17-5-3-2-4-6-17)30-22-11-16(13-25)7-8-19(22)21-15-26-18(9-10-24)14-27-21/h2-8,11-12,14-15H,9-10,24H2,1H3. The molecule has 7 nitrogen and oxygen atoms in total. The van der Waals surface area contributed by atoms with E-state index in [1.807, 2.05) is 49.5 Å². The number of nitrogens with two attached hydrogens (primary N) is 1. The van der Waals surface area contributed by atoms with Gasteiger partial charge in [0.05, 0.1) is 34.9 Å². The van der Waals surface area contributed by atoms with Gasteiger partial charge in [-0.2, -0.15) is 10.4 Å². The normalized spacial score (nSPS) is 10.6. The van der Waals surface area contributed by atoms with Crippen LogP contribution in [0.15, 0.2) is 67.0 Å². The Bertz CT molecular complexity index is 1190. The van der Waals surface area contributed by atoms with Crippen LogP contribution in [-0.4, -0.2) is 26.3 Å². The lowest BCUT2D eigenvalue weighted by molar-refractivity contribution is 0.432. The second kappa shape index (κ2) is 8.55. The molecule has 0 spiro atoms. The van der Waals surface area contributed by atoms with E-state index in [1.165, 1.54) is 0 Å². The molecule has 0 aliphatic heterocycles. The molecule has 2 aromatic carbocycles. The molecule has 2 heterocycles. The van der Waals surface area contributed by atoms with Gasteiger partial charge in [-0.3, -0.25) is 9.97 Å². The summed E-state index contributed by atoms with van der Waals surface area (Å²) in [6.07, 6.45) is 4.07. The largest absolute Gasteiger partial charge is 0.439 e. The third-order valence-corrected chi connectivity index (χ3v) is 4.61. The number of aromatic nitrogens is 4. The van der Waals surface area contributed by atoms with Crippen LogP contribution in [0.25, 0.3) is 22.5 Å². The summed E-state index contributed by atoms with van der Waals surface area (Å²) in [5.74, 6) is 1.07. The maximum Gasteiger partial charge on any atom is 0.218 e. The van der Waals surface area contributed by atoms with Crippen molar-refractivity contribution >= 4 is 0 Å². The Morgan fingerprint density at radius 3 is 2.57 bits per heavy atom. The summed E-state index contributed by atoms with van der Waals surface area (Å²) >= 11 is 0. The van der Waals surface area contributed by atoms with E-state index in [-0.39, 0.29) is 0 Å². The lowest BCUT2D eigenvalue weighted by Crippen LogP contribution is -2.05. The van der Waals surface area contributed by atoms with E-state index in [2.05, 4.69) is 21.1 Å². The topological polar surface area (TPSA) is 103 Å². The van der Waals surface area contributed by atoms with Gasteiger partial charge in [0.15, 0.2) is 0 Å². The highest BCUT2D eigenvalue weighted by Gasteiger charge is 2.14. The first kappa shape index (κ1) is 19.3. The Labute approximate surface area is 174 Å². The summed E-state index contributed by atoms with van der Waals surface area (Å²) in [7, 11) is 1.82. The molecular formula is C23H20N6O. The zero-order valence-corrected chi connectivity index (χ0v) is 16.5. The maximum atomic E-state index is 9.33. The summed E-state index contributed by atoms with van der Waals surface area (Å²) in [5.41, 5.74) is 10.1. The first-order chi connectivity index (χ1) is 14.7. The molecule has 7 heteroatoms. The monoisotopic (exact) mass is 396 g/mol. The first-order valence-electron chi connectivity index (χ1n) is 9.51. The van der Waals surface area contributed by atoms with Crippen molar-refractivity contribution in [3.8, 4) is 40.2 Å². The van der Waals surface area contributed by atoms with Crippen LogP contribution in [-0.2, 0) is 13.5 Å². The molecule has 0 fully saturated rings. The molecule has 0 aliphatic carbocycles. The van der Waals surface area contributed by atoms with E-state index < -0.39 is 0 Å². The summed E-state index contributed by atoms with van der Waals surface area (Å²) in [6.45, 7) is 0.517. The predicted octanol–water partition coefficient (Wildman–Crippen LogP) is 3.71. The van der Waals surface area contributed by atoms with Crippen LogP contribution >= 0.6 is 0 Å². The second-order valence-electron chi connectivity index (χ2n) is 6.71. The zero-order valence-electron chi connectivity index (χ0n) is 16.5. The van der Waals surface area contributed by atoms with E-state index in [0.29, 0.717) is 35.9 Å². The third kappa shape index (κ3) is 4.04. The van der Waals surface area contributed by atoms with Crippen molar-refractivity contribution in [2.24, 2.45) is 12.8 Å². The smallest absolute Gasteiger partial charge is 0.218 e. The average molecular weight is 396 g/mol. The summed E-state index contributed by atoms with van der Waals surface area (Å²) in [4.78, 5) is 8.91. The van der Waals surface area contributed by atoms with E-state index >= 15 is 0 Å². The minimum Gasteiger partial charge on any atom is -0.439 e. The quantitative estimate of drug-likeness (QED) is 0.533. The Hall–Kier alpha value is -4.02. The number of nitrogens with zero attached hydrogens (tertiary/aromatic N) is 5. The van der Waals surface area contributed by atoms with Gasteiger partial charge in [-0.1, -0.05) is 30.3 Å². The maximum absolute atomic E-state index is 9.33. The number of aryl methyl sites for hydroxylation is 1. The highest BCUT2D eigenvalue weighted by molar-refractivity contribution is 5.69. The Morgan fingerprint density at radius 2 is 1.87 bits per heavy atom. The molecule has 0 radical (unpaired) electrons. The van der Waals surface area contributed by atoms with Crippen molar-refractivity contribution < 1.29 is 4.74 Å². The molecule has 4 rings (SSSR count).